The predicted molar refractivity (Wildman–Crippen MR) is 41.6 cm³/mol. The Morgan fingerprint density at radius 2 is 1.57 bits per heavy atom. The molecule has 0 saturated heterocycles. The van der Waals surface area contributed by atoms with Crippen molar-refractivity contribution < 1.29 is 34.8 Å². The van der Waals surface area contributed by atoms with Crippen LogP contribution in [0.5, 0.6) is 0 Å². The molecular formula is C7H8O7. The molecule has 0 amide bonds. The van der Waals surface area contributed by atoms with Crippen LogP contribution in [0.1, 0.15) is 6.42 Å². The highest BCUT2D eigenvalue weighted by molar-refractivity contribution is 6.00. The fourth-order valence-electron chi connectivity index (χ4n) is 0.707. The number of carbonyl (C=O) groups is 3. The predicted octanol–water partition coefficient (Wildman–Crippen LogP) is -1.08. The van der Waals surface area contributed by atoms with Gasteiger partial charge in [0.2, 0.25) is 5.60 Å². The highest BCUT2D eigenvalue weighted by Gasteiger charge is 2.44. The lowest BCUT2D eigenvalue weighted by Gasteiger charge is -2.20. The molecule has 0 spiro atoms. The van der Waals surface area contributed by atoms with Gasteiger partial charge in [-0.25, -0.2) is 9.59 Å². The van der Waals surface area contributed by atoms with Crippen molar-refractivity contribution in [2.24, 2.45) is 0 Å². The second kappa shape index (κ2) is 3.88. The topological polar surface area (TPSA) is 132 Å². The molecule has 7 heteroatoms. The number of carboxylic acids is 3. The molecule has 0 aromatic carbocycles. The maximum absolute atomic E-state index is 10.5. The molecule has 0 fully saturated rings. The van der Waals surface area contributed by atoms with Crippen molar-refractivity contribution in [2.75, 3.05) is 0 Å². The van der Waals surface area contributed by atoms with Gasteiger partial charge in [0.05, 0.1) is 12.0 Å². The van der Waals surface area contributed by atoms with Gasteiger partial charge in [0.15, 0.2) is 0 Å². The lowest BCUT2D eigenvalue weighted by molar-refractivity contribution is -0.163. The molecule has 0 bridgehead atoms. The monoisotopic (exact) mass is 204 g/mol. The third-order valence-corrected chi connectivity index (χ3v) is 1.52. The Labute approximate surface area is 77.9 Å². The molecule has 7 nitrogen and oxygen atoms in total. The molecule has 0 saturated carbocycles. The standard InChI is InChI=1S/C7H8O7/c1-3(5(10)11)7(14,6(12)13)2-4(8)9/h14H,1-2H2,(H,8,9)(H,10,11)(H,12,13). The molecule has 0 aromatic heterocycles. The van der Waals surface area contributed by atoms with E-state index in [4.69, 9.17) is 15.3 Å². The first-order valence-electron chi connectivity index (χ1n) is 3.32. The Hall–Kier alpha value is -1.89. The van der Waals surface area contributed by atoms with Crippen LogP contribution in [-0.4, -0.2) is 43.9 Å². The van der Waals surface area contributed by atoms with Crippen LogP contribution in [0.25, 0.3) is 0 Å². The number of carboxylic acid groups (broad SMARTS) is 3. The smallest absolute Gasteiger partial charge is 0.341 e. The summed E-state index contributed by atoms with van der Waals surface area (Å²) in [5, 5.41) is 34.3. The van der Waals surface area contributed by atoms with Gasteiger partial charge in [0.1, 0.15) is 0 Å². The van der Waals surface area contributed by atoms with Crippen LogP contribution >= 0.6 is 0 Å². The molecule has 1 unspecified atom stereocenters. The molecule has 14 heavy (non-hydrogen) atoms. The van der Waals surface area contributed by atoms with E-state index in [2.05, 4.69) is 6.58 Å². The second-order valence-electron chi connectivity index (χ2n) is 2.52. The summed E-state index contributed by atoms with van der Waals surface area (Å²) >= 11 is 0. The maximum Gasteiger partial charge on any atom is 0.341 e. The quantitative estimate of drug-likeness (QED) is 0.418. The maximum atomic E-state index is 10.5. The van der Waals surface area contributed by atoms with E-state index < -0.39 is 35.5 Å². The minimum atomic E-state index is -2.97. The lowest BCUT2D eigenvalue weighted by Crippen LogP contribution is -2.44. The van der Waals surface area contributed by atoms with Crippen LogP contribution in [0.3, 0.4) is 0 Å². The third-order valence-electron chi connectivity index (χ3n) is 1.52. The van der Waals surface area contributed by atoms with Crippen molar-refractivity contribution in [3.8, 4) is 0 Å². The van der Waals surface area contributed by atoms with E-state index in [1.165, 1.54) is 0 Å². The SMILES string of the molecule is C=C(C(=O)O)C(O)(CC(=O)O)C(=O)O. The van der Waals surface area contributed by atoms with Gasteiger partial charge in [-0.1, -0.05) is 6.58 Å². The van der Waals surface area contributed by atoms with Gasteiger partial charge >= 0.3 is 17.9 Å². The fourth-order valence-corrected chi connectivity index (χ4v) is 0.707. The molecule has 78 valence electrons. The Balaban J connectivity index is 5.10. The summed E-state index contributed by atoms with van der Waals surface area (Å²) in [7, 11) is 0. The van der Waals surface area contributed by atoms with Crippen molar-refractivity contribution in [3.05, 3.63) is 12.2 Å². The summed E-state index contributed by atoms with van der Waals surface area (Å²) in [4.78, 5) is 31.0. The third kappa shape index (κ3) is 2.30. The minimum Gasteiger partial charge on any atom is -0.481 e. The first kappa shape index (κ1) is 12.1. The van der Waals surface area contributed by atoms with Crippen molar-refractivity contribution in [1.29, 1.82) is 0 Å². The highest BCUT2D eigenvalue weighted by Crippen LogP contribution is 2.20. The average molecular weight is 204 g/mol. The number of aliphatic carboxylic acids is 3. The molecule has 0 radical (unpaired) electrons. The van der Waals surface area contributed by atoms with Crippen LogP contribution < -0.4 is 0 Å². The summed E-state index contributed by atoms with van der Waals surface area (Å²) in [6, 6.07) is 0. The van der Waals surface area contributed by atoms with Gasteiger partial charge < -0.3 is 20.4 Å². The van der Waals surface area contributed by atoms with Crippen LogP contribution in [0.2, 0.25) is 0 Å². The largest absolute Gasteiger partial charge is 0.481 e. The first-order chi connectivity index (χ1) is 6.21. The van der Waals surface area contributed by atoms with Gasteiger partial charge in [-0.05, 0) is 0 Å². The number of hydrogen-bond acceptors (Lipinski definition) is 4. The van der Waals surface area contributed by atoms with Crippen molar-refractivity contribution in [2.45, 2.75) is 12.0 Å². The van der Waals surface area contributed by atoms with Gasteiger partial charge in [-0.2, -0.15) is 0 Å². The molecule has 4 N–H and O–H groups in total. The van der Waals surface area contributed by atoms with Crippen molar-refractivity contribution in [1.82, 2.24) is 0 Å². The van der Waals surface area contributed by atoms with Crippen LogP contribution in [0.15, 0.2) is 12.2 Å². The van der Waals surface area contributed by atoms with Crippen molar-refractivity contribution >= 4 is 17.9 Å². The Kier molecular flexibility index (Phi) is 3.36. The Morgan fingerprint density at radius 1 is 1.14 bits per heavy atom. The zero-order valence-electron chi connectivity index (χ0n) is 6.93. The minimum absolute atomic E-state index is 1.09. The Bertz CT molecular complexity index is 305. The molecule has 1 atom stereocenters. The van der Waals surface area contributed by atoms with Crippen LogP contribution in [-0.2, 0) is 14.4 Å². The summed E-state index contributed by atoms with van der Waals surface area (Å²) in [6.07, 6.45) is -1.26. The lowest BCUT2D eigenvalue weighted by atomic mass is 9.91. The zero-order chi connectivity index (χ0) is 11.5. The summed E-state index contributed by atoms with van der Waals surface area (Å²) in [6.45, 7) is 2.81. The van der Waals surface area contributed by atoms with E-state index in [1.807, 2.05) is 0 Å². The van der Waals surface area contributed by atoms with E-state index in [1.54, 1.807) is 0 Å². The van der Waals surface area contributed by atoms with E-state index in [-0.39, 0.29) is 0 Å². The molecule has 0 aliphatic carbocycles. The number of rotatable bonds is 5. The number of aliphatic hydroxyl groups is 1. The molecule has 0 rings (SSSR count). The van der Waals surface area contributed by atoms with Gasteiger partial charge in [-0.3, -0.25) is 4.79 Å². The molecule has 0 aliphatic rings. The molecular weight excluding hydrogens is 196 g/mol. The van der Waals surface area contributed by atoms with Crippen molar-refractivity contribution in [3.63, 3.8) is 0 Å². The van der Waals surface area contributed by atoms with E-state index in [0.717, 1.165) is 0 Å². The average Bonchev–Trinajstić information content (AvgIpc) is 2.00. The highest BCUT2D eigenvalue weighted by atomic mass is 16.4. The number of hydrogen-bond donors (Lipinski definition) is 4. The molecule has 0 aliphatic heterocycles. The summed E-state index contributed by atoms with van der Waals surface area (Å²) in [5.74, 6) is -5.37. The van der Waals surface area contributed by atoms with Crippen LogP contribution in [0.4, 0.5) is 0 Å². The van der Waals surface area contributed by atoms with E-state index >= 15 is 0 Å². The molecule has 0 aromatic rings. The van der Waals surface area contributed by atoms with Gasteiger partial charge in [0.25, 0.3) is 0 Å². The van der Waals surface area contributed by atoms with Gasteiger partial charge in [0, 0.05) is 0 Å². The van der Waals surface area contributed by atoms with E-state index in [9.17, 15) is 19.5 Å². The normalized spacial score (nSPS) is 14.1. The Morgan fingerprint density at radius 3 is 1.79 bits per heavy atom. The van der Waals surface area contributed by atoms with Gasteiger partial charge in [-0.15, -0.1) is 0 Å². The summed E-state index contributed by atoms with van der Waals surface area (Å²) in [5.41, 5.74) is -4.06. The van der Waals surface area contributed by atoms with Crippen LogP contribution in [0, 0.1) is 0 Å². The van der Waals surface area contributed by atoms with E-state index in [0.29, 0.717) is 0 Å². The fraction of sp³-hybridized carbons (Fsp3) is 0.286. The zero-order valence-corrected chi connectivity index (χ0v) is 6.93. The second-order valence-corrected chi connectivity index (χ2v) is 2.52. The first-order valence-corrected chi connectivity index (χ1v) is 3.32. The summed E-state index contributed by atoms with van der Waals surface area (Å²) < 4.78 is 0. The molecule has 0 heterocycles.